The van der Waals surface area contributed by atoms with Crippen molar-refractivity contribution in [1.29, 1.82) is 0 Å². The molecule has 0 aliphatic heterocycles. The number of nitrogens with one attached hydrogen (secondary N) is 1. The summed E-state index contributed by atoms with van der Waals surface area (Å²) in [6.07, 6.45) is 7.91. The lowest BCUT2D eigenvalue weighted by Gasteiger charge is -2.57. The van der Waals surface area contributed by atoms with Gasteiger partial charge in [-0.1, -0.05) is 18.2 Å². The van der Waals surface area contributed by atoms with Crippen LogP contribution < -0.4 is 10.4 Å². The molecule has 4 bridgehead atoms. The molecule has 4 saturated carbocycles. The molecule has 0 saturated heterocycles. The highest BCUT2D eigenvalue weighted by Crippen LogP contribution is 2.55. The van der Waals surface area contributed by atoms with E-state index in [9.17, 15) is 5.21 Å². The molecule has 4 aliphatic carbocycles. The third kappa shape index (κ3) is 2.44. The van der Waals surface area contributed by atoms with Crippen LogP contribution in [0.2, 0.25) is 0 Å². The Morgan fingerprint density at radius 3 is 2.10 bits per heavy atom. The molecule has 3 nitrogen and oxygen atoms in total. The maximum atomic E-state index is 10.3. The van der Waals surface area contributed by atoms with Gasteiger partial charge in [-0.25, -0.2) is 0 Å². The standard InChI is InChI=1S/C17H22N2OS/c20-19(15-4-2-1-3-5-15)16(21)18-17-9-12-6-13(10-17)8-14(7-12)11-17/h1-5,12-14,20H,6-11H2,(H,18,21). The Bertz CT molecular complexity index is 510. The average molecular weight is 302 g/mol. The molecule has 4 fully saturated rings. The van der Waals surface area contributed by atoms with Crippen LogP contribution in [0.15, 0.2) is 30.3 Å². The van der Waals surface area contributed by atoms with Gasteiger partial charge in [0.15, 0.2) is 5.11 Å². The Kier molecular flexibility index (Phi) is 3.19. The minimum atomic E-state index is 0.140. The van der Waals surface area contributed by atoms with E-state index in [1.54, 1.807) is 0 Å². The van der Waals surface area contributed by atoms with Crippen molar-refractivity contribution in [2.45, 2.75) is 44.1 Å². The highest BCUT2D eigenvalue weighted by Gasteiger charge is 2.51. The van der Waals surface area contributed by atoms with Gasteiger partial charge in [0.25, 0.3) is 0 Å². The lowest BCUT2D eigenvalue weighted by atomic mass is 9.53. The Morgan fingerprint density at radius 1 is 1.05 bits per heavy atom. The number of rotatable bonds is 2. The topological polar surface area (TPSA) is 35.5 Å². The molecule has 0 atom stereocenters. The summed E-state index contributed by atoms with van der Waals surface area (Å²) in [4.78, 5) is 0. The lowest BCUT2D eigenvalue weighted by molar-refractivity contribution is -0.0105. The first kappa shape index (κ1) is 13.5. The van der Waals surface area contributed by atoms with Gasteiger partial charge < -0.3 is 5.32 Å². The molecule has 0 amide bonds. The molecule has 2 N–H and O–H groups in total. The smallest absolute Gasteiger partial charge is 0.198 e. The summed E-state index contributed by atoms with van der Waals surface area (Å²) in [6.45, 7) is 0. The summed E-state index contributed by atoms with van der Waals surface area (Å²) < 4.78 is 0. The highest BCUT2D eigenvalue weighted by molar-refractivity contribution is 7.80. The second kappa shape index (κ2) is 4.96. The van der Waals surface area contributed by atoms with Crippen molar-refractivity contribution in [1.82, 2.24) is 5.32 Å². The molecule has 0 radical (unpaired) electrons. The lowest BCUT2D eigenvalue weighted by Crippen LogP contribution is -2.61. The maximum absolute atomic E-state index is 10.3. The van der Waals surface area contributed by atoms with E-state index < -0.39 is 0 Å². The van der Waals surface area contributed by atoms with Crippen molar-refractivity contribution in [3.8, 4) is 0 Å². The number of hydrogen-bond acceptors (Lipinski definition) is 2. The summed E-state index contributed by atoms with van der Waals surface area (Å²) in [5, 5.41) is 15.4. The van der Waals surface area contributed by atoms with E-state index in [2.05, 4.69) is 5.32 Å². The summed E-state index contributed by atoms with van der Waals surface area (Å²) in [5.41, 5.74) is 0.862. The number of thiocarbonyl (C=S) groups is 1. The van der Waals surface area contributed by atoms with Crippen LogP contribution in [0.5, 0.6) is 0 Å². The van der Waals surface area contributed by atoms with Gasteiger partial charge in [0.2, 0.25) is 0 Å². The fourth-order valence-electron chi connectivity index (χ4n) is 5.23. The second-order valence-electron chi connectivity index (χ2n) is 7.28. The van der Waals surface area contributed by atoms with Crippen LogP contribution in [0.4, 0.5) is 5.69 Å². The Balaban J connectivity index is 1.49. The summed E-state index contributed by atoms with van der Waals surface area (Å²) in [6, 6.07) is 9.49. The molecule has 21 heavy (non-hydrogen) atoms. The second-order valence-corrected chi connectivity index (χ2v) is 7.66. The molecular formula is C17H22N2OS. The van der Waals surface area contributed by atoms with Crippen LogP contribution in [-0.2, 0) is 0 Å². The molecular weight excluding hydrogens is 280 g/mol. The van der Waals surface area contributed by atoms with Crippen LogP contribution in [0, 0.1) is 17.8 Å². The summed E-state index contributed by atoms with van der Waals surface area (Å²) in [7, 11) is 0. The minimum Gasteiger partial charge on any atom is -0.355 e. The third-order valence-electron chi connectivity index (χ3n) is 5.60. The molecule has 5 rings (SSSR count). The number of para-hydroxylation sites is 1. The molecule has 4 heteroatoms. The fourth-order valence-corrected chi connectivity index (χ4v) is 5.55. The largest absolute Gasteiger partial charge is 0.355 e. The Morgan fingerprint density at radius 2 is 1.57 bits per heavy atom. The fraction of sp³-hybridized carbons (Fsp3) is 0.588. The van der Waals surface area contributed by atoms with E-state index in [-0.39, 0.29) is 5.54 Å². The normalized spacial score (nSPS) is 36.5. The van der Waals surface area contributed by atoms with Crippen molar-refractivity contribution in [3.05, 3.63) is 30.3 Å². The van der Waals surface area contributed by atoms with Crippen molar-refractivity contribution in [2.24, 2.45) is 17.8 Å². The maximum Gasteiger partial charge on any atom is 0.198 e. The SMILES string of the molecule is ON(C(=S)NC12CC3CC(CC(C3)C1)C2)c1ccccc1. The Labute approximate surface area is 131 Å². The first-order valence-electron chi connectivity index (χ1n) is 8.00. The van der Waals surface area contributed by atoms with Gasteiger partial charge >= 0.3 is 0 Å². The van der Waals surface area contributed by atoms with E-state index in [1.165, 1.54) is 38.5 Å². The molecule has 0 aromatic heterocycles. The van der Waals surface area contributed by atoms with E-state index in [0.29, 0.717) is 5.11 Å². The van der Waals surface area contributed by atoms with E-state index >= 15 is 0 Å². The van der Waals surface area contributed by atoms with Gasteiger partial charge in [0.1, 0.15) is 0 Å². The zero-order valence-corrected chi connectivity index (χ0v) is 13.0. The monoisotopic (exact) mass is 302 g/mol. The van der Waals surface area contributed by atoms with Crippen molar-refractivity contribution >= 4 is 23.0 Å². The zero-order valence-electron chi connectivity index (χ0n) is 12.2. The van der Waals surface area contributed by atoms with Gasteiger partial charge in [0.05, 0.1) is 5.69 Å². The number of nitrogens with zero attached hydrogens (tertiary/aromatic N) is 1. The molecule has 0 heterocycles. The minimum absolute atomic E-state index is 0.140. The molecule has 1 aromatic carbocycles. The molecule has 112 valence electrons. The van der Waals surface area contributed by atoms with Crippen LogP contribution in [-0.4, -0.2) is 15.9 Å². The summed E-state index contributed by atoms with van der Waals surface area (Å²) in [5.74, 6) is 2.61. The van der Waals surface area contributed by atoms with E-state index in [0.717, 1.165) is 28.5 Å². The van der Waals surface area contributed by atoms with Gasteiger partial charge in [-0.15, -0.1) is 0 Å². The Hall–Kier alpha value is -1.13. The van der Waals surface area contributed by atoms with Gasteiger partial charge in [-0.3, -0.25) is 5.21 Å². The number of hydroxylamine groups is 1. The van der Waals surface area contributed by atoms with Crippen LogP contribution in [0.25, 0.3) is 0 Å². The predicted octanol–water partition coefficient (Wildman–Crippen LogP) is 3.73. The van der Waals surface area contributed by atoms with Crippen LogP contribution in [0.1, 0.15) is 38.5 Å². The van der Waals surface area contributed by atoms with Gasteiger partial charge in [-0.2, -0.15) is 5.06 Å². The molecule has 4 aliphatic rings. The first-order valence-corrected chi connectivity index (χ1v) is 8.41. The van der Waals surface area contributed by atoms with Crippen LogP contribution >= 0.6 is 12.2 Å². The molecule has 1 aromatic rings. The number of anilines is 1. The highest BCUT2D eigenvalue weighted by atomic mass is 32.1. The third-order valence-corrected chi connectivity index (χ3v) is 5.88. The molecule has 0 unspecified atom stereocenters. The molecule has 0 spiro atoms. The quantitative estimate of drug-likeness (QED) is 0.644. The first-order chi connectivity index (χ1) is 10.1. The van der Waals surface area contributed by atoms with Crippen molar-refractivity contribution in [3.63, 3.8) is 0 Å². The average Bonchev–Trinajstić information content (AvgIpc) is 2.45. The predicted molar refractivity (Wildman–Crippen MR) is 87.3 cm³/mol. The van der Waals surface area contributed by atoms with Crippen molar-refractivity contribution in [2.75, 3.05) is 5.06 Å². The number of benzene rings is 1. The van der Waals surface area contributed by atoms with Crippen LogP contribution in [0.3, 0.4) is 0 Å². The van der Waals surface area contributed by atoms with Gasteiger partial charge in [0, 0.05) is 5.54 Å². The summed E-state index contributed by atoms with van der Waals surface area (Å²) >= 11 is 5.46. The van der Waals surface area contributed by atoms with Crippen molar-refractivity contribution < 1.29 is 5.21 Å². The van der Waals surface area contributed by atoms with Gasteiger partial charge in [-0.05, 0) is 80.6 Å². The number of hydrogen-bond donors (Lipinski definition) is 2. The van der Waals surface area contributed by atoms with E-state index in [1.807, 2.05) is 30.3 Å². The van der Waals surface area contributed by atoms with E-state index in [4.69, 9.17) is 12.2 Å². The zero-order chi connectivity index (χ0) is 14.4.